The van der Waals surface area contributed by atoms with Gasteiger partial charge < -0.3 is 14.6 Å². The summed E-state index contributed by atoms with van der Waals surface area (Å²) in [5.74, 6) is 0.734. The summed E-state index contributed by atoms with van der Waals surface area (Å²) in [6.07, 6.45) is 7.98. The van der Waals surface area contributed by atoms with Gasteiger partial charge in [0.05, 0.1) is 10.4 Å². The van der Waals surface area contributed by atoms with Gasteiger partial charge in [-0.1, -0.05) is 50.5 Å². The Hall–Kier alpha value is -0.823. The summed E-state index contributed by atoms with van der Waals surface area (Å²) in [5.41, 5.74) is 0.723. The Morgan fingerprint density at radius 1 is 1.19 bits per heavy atom. The first-order chi connectivity index (χ1) is 12.3. The van der Waals surface area contributed by atoms with Crippen molar-refractivity contribution >= 4 is 48.1 Å². The minimum absolute atomic E-state index is 0.230. The molecule has 0 atom stereocenters. The summed E-state index contributed by atoms with van der Waals surface area (Å²) in [5, 5.41) is 5.23. The van der Waals surface area contributed by atoms with Gasteiger partial charge in [0, 0.05) is 26.9 Å². The Bertz CT molecular complexity index is 754. The number of rotatable bonds is 7. The van der Waals surface area contributed by atoms with Crippen LogP contribution in [0.15, 0.2) is 6.20 Å². The molecule has 0 spiro atoms. The van der Waals surface area contributed by atoms with E-state index in [-0.39, 0.29) is 5.28 Å². The number of nitrogens with zero attached hydrogens (tertiary/aromatic N) is 3. The maximum absolute atomic E-state index is 6.51. The largest absolute Gasteiger partial charge is 0.367 e. The maximum Gasteiger partial charge on any atom is 0.226 e. The van der Waals surface area contributed by atoms with E-state index in [9.17, 15) is 0 Å². The van der Waals surface area contributed by atoms with Gasteiger partial charge in [-0.2, -0.15) is 9.97 Å². The van der Waals surface area contributed by atoms with Gasteiger partial charge in [-0.3, -0.25) is 0 Å². The molecule has 0 radical (unpaired) electrons. The van der Waals surface area contributed by atoms with Crippen LogP contribution in [-0.2, 0) is 11.5 Å². The molecule has 1 saturated carbocycles. The second-order valence-corrected chi connectivity index (χ2v) is 14.7. The first kappa shape index (κ1) is 19.9. The molecule has 0 aromatic carbocycles. The van der Waals surface area contributed by atoms with E-state index in [0.29, 0.717) is 17.8 Å². The summed E-state index contributed by atoms with van der Waals surface area (Å²) in [6, 6.07) is 1.55. The minimum atomic E-state index is -1.10. The molecule has 5 nitrogen and oxygen atoms in total. The monoisotopic (exact) mass is 414 g/mol. The van der Waals surface area contributed by atoms with Crippen molar-refractivity contribution in [1.29, 1.82) is 0 Å². The van der Waals surface area contributed by atoms with E-state index in [1.807, 2.05) is 10.8 Å². The van der Waals surface area contributed by atoms with Crippen molar-refractivity contribution in [3.63, 3.8) is 0 Å². The van der Waals surface area contributed by atoms with E-state index in [1.54, 1.807) is 0 Å². The number of hydrogen-bond donors (Lipinski definition) is 1. The molecule has 1 N–H and O–H groups in total. The topological polar surface area (TPSA) is 52.0 Å². The highest BCUT2D eigenvalue weighted by Gasteiger charge is 2.20. The number of anilines is 1. The van der Waals surface area contributed by atoms with Crippen molar-refractivity contribution < 1.29 is 4.74 Å². The Kier molecular flexibility index (Phi) is 6.48. The van der Waals surface area contributed by atoms with Gasteiger partial charge in [0.1, 0.15) is 12.5 Å². The van der Waals surface area contributed by atoms with E-state index < -0.39 is 8.07 Å². The molecule has 3 rings (SSSR count). The third kappa shape index (κ3) is 5.12. The van der Waals surface area contributed by atoms with Gasteiger partial charge in [0.25, 0.3) is 0 Å². The van der Waals surface area contributed by atoms with E-state index >= 15 is 0 Å². The lowest BCUT2D eigenvalue weighted by Crippen LogP contribution is -2.23. The summed E-state index contributed by atoms with van der Waals surface area (Å²) in [6.45, 7) is 8.19. The second-order valence-electron chi connectivity index (χ2n) is 8.31. The van der Waals surface area contributed by atoms with Crippen LogP contribution in [0.1, 0.15) is 32.1 Å². The molecule has 2 aromatic rings. The Balaban J connectivity index is 1.78. The predicted octanol–water partition coefficient (Wildman–Crippen LogP) is 5.80. The molecule has 2 aromatic heterocycles. The van der Waals surface area contributed by atoms with Crippen LogP contribution < -0.4 is 5.32 Å². The number of nitrogens with one attached hydrogen (secondary N) is 1. The van der Waals surface area contributed by atoms with Crippen LogP contribution in [-0.4, -0.2) is 35.3 Å². The molecule has 1 fully saturated rings. The Labute approximate surface area is 166 Å². The lowest BCUT2D eigenvalue weighted by atomic mass is 9.95. The average molecular weight is 415 g/mol. The highest BCUT2D eigenvalue weighted by atomic mass is 35.5. The second kappa shape index (κ2) is 8.46. The summed E-state index contributed by atoms with van der Waals surface area (Å²) >= 11 is 12.7. The SMILES string of the molecule is C[Si](C)(C)CCOCn1cc(Cl)c2c(NC3CCCCC3)nc(Cl)nc21. The first-order valence-electron chi connectivity index (χ1n) is 9.40. The normalized spacial score (nSPS) is 16.3. The van der Waals surface area contributed by atoms with Crippen LogP contribution >= 0.6 is 23.2 Å². The van der Waals surface area contributed by atoms with Gasteiger partial charge in [-0.15, -0.1) is 0 Å². The summed E-state index contributed by atoms with van der Waals surface area (Å²) in [4.78, 5) is 8.81. The van der Waals surface area contributed by atoms with E-state index in [0.717, 1.165) is 42.3 Å². The minimum Gasteiger partial charge on any atom is -0.367 e. The molecule has 0 amide bonds. The zero-order valence-corrected chi connectivity index (χ0v) is 18.3. The zero-order valence-electron chi connectivity index (χ0n) is 15.8. The number of halogens is 2. The van der Waals surface area contributed by atoms with Crippen molar-refractivity contribution in [2.24, 2.45) is 0 Å². The van der Waals surface area contributed by atoms with Crippen molar-refractivity contribution in [2.75, 3.05) is 11.9 Å². The molecule has 0 saturated heterocycles. The number of fused-ring (bicyclic) bond motifs is 1. The van der Waals surface area contributed by atoms with E-state index in [2.05, 4.69) is 34.9 Å². The van der Waals surface area contributed by atoms with Crippen LogP contribution in [0.5, 0.6) is 0 Å². The molecular formula is C18H28Cl2N4OSi. The number of aromatic nitrogens is 3. The molecule has 2 heterocycles. The molecule has 1 aliphatic carbocycles. The molecular weight excluding hydrogens is 387 g/mol. The van der Waals surface area contributed by atoms with Crippen LogP contribution in [0.2, 0.25) is 36.0 Å². The number of ether oxygens (including phenoxy) is 1. The van der Waals surface area contributed by atoms with Gasteiger partial charge in [-0.25, -0.2) is 0 Å². The lowest BCUT2D eigenvalue weighted by molar-refractivity contribution is 0.0899. The molecule has 0 bridgehead atoms. The van der Waals surface area contributed by atoms with Crippen LogP contribution in [0.3, 0.4) is 0 Å². The van der Waals surface area contributed by atoms with Gasteiger partial charge in [0.2, 0.25) is 5.28 Å². The molecule has 8 heteroatoms. The molecule has 0 aliphatic heterocycles. The van der Waals surface area contributed by atoms with Crippen molar-refractivity contribution in [1.82, 2.24) is 14.5 Å². The standard InChI is InChI=1S/C18H28Cl2N4OSi/c1-26(2,3)10-9-25-12-24-11-14(19)15-16(22-18(20)23-17(15)24)21-13-7-5-4-6-8-13/h11,13H,4-10,12H2,1-3H3,(H,21,22,23). The highest BCUT2D eigenvalue weighted by molar-refractivity contribution is 6.76. The lowest BCUT2D eigenvalue weighted by Gasteiger charge is -2.23. The molecule has 144 valence electrons. The van der Waals surface area contributed by atoms with Gasteiger partial charge in [-0.05, 0) is 30.5 Å². The molecule has 0 unspecified atom stereocenters. The summed E-state index contributed by atoms with van der Waals surface area (Å²) < 4.78 is 7.78. The summed E-state index contributed by atoms with van der Waals surface area (Å²) in [7, 11) is -1.10. The fourth-order valence-electron chi connectivity index (χ4n) is 3.30. The molecule has 26 heavy (non-hydrogen) atoms. The van der Waals surface area contributed by atoms with Gasteiger partial charge in [0.15, 0.2) is 5.65 Å². The predicted molar refractivity (Wildman–Crippen MR) is 112 cm³/mol. The van der Waals surface area contributed by atoms with Crippen LogP contribution in [0.4, 0.5) is 5.82 Å². The van der Waals surface area contributed by atoms with Crippen molar-refractivity contribution in [2.45, 2.75) is 70.6 Å². The highest BCUT2D eigenvalue weighted by Crippen LogP contribution is 2.33. The maximum atomic E-state index is 6.51. The third-order valence-electron chi connectivity index (χ3n) is 4.82. The van der Waals surface area contributed by atoms with Crippen molar-refractivity contribution in [3.8, 4) is 0 Å². The van der Waals surface area contributed by atoms with Crippen molar-refractivity contribution in [3.05, 3.63) is 16.5 Å². The van der Waals surface area contributed by atoms with Crippen LogP contribution in [0.25, 0.3) is 11.0 Å². The Morgan fingerprint density at radius 3 is 2.62 bits per heavy atom. The number of hydrogen-bond acceptors (Lipinski definition) is 4. The fourth-order valence-corrected chi connectivity index (χ4v) is 4.51. The van der Waals surface area contributed by atoms with Crippen LogP contribution in [0, 0.1) is 0 Å². The smallest absolute Gasteiger partial charge is 0.226 e. The third-order valence-corrected chi connectivity index (χ3v) is 6.98. The average Bonchev–Trinajstić information content (AvgIpc) is 2.87. The van der Waals surface area contributed by atoms with E-state index in [1.165, 1.54) is 19.3 Å². The Morgan fingerprint density at radius 2 is 1.92 bits per heavy atom. The van der Waals surface area contributed by atoms with E-state index in [4.69, 9.17) is 27.9 Å². The fraction of sp³-hybridized carbons (Fsp3) is 0.667. The molecule has 1 aliphatic rings. The first-order valence-corrected chi connectivity index (χ1v) is 13.9. The van der Waals surface area contributed by atoms with Gasteiger partial charge >= 0.3 is 0 Å². The zero-order chi connectivity index (χ0) is 18.7. The quantitative estimate of drug-likeness (QED) is 0.353.